The molecule has 21 heavy (non-hydrogen) atoms. The fourth-order valence-corrected chi connectivity index (χ4v) is 4.08. The molecule has 1 aliphatic rings. The van der Waals surface area contributed by atoms with Crippen molar-refractivity contribution in [1.29, 1.82) is 0 Å². The Hall–Kier alpha value is -1.44. The number of hydrogen-bond acceptors (Lipinski definition) is 4. The van der Waals surface area contributed by atoms with Gasteiger partial charge >= 0.3 is 5.97 Å². The number of piperidine rings is 1. The van der Waals surface area contributed by atoms with E-state index in [0.29, 0.717) is 24.9 Å². The Bertz CT molecular complexity index is 621. The van der Waals surface area contributed by atoms with Crippen LogP contribution in [0.15, 0.2) is 29.2 Å². The molecule has 0 radical (unpaired) electrons. The molecule has 0 spiro atoms. The van der Waals surface area contributed by atoms with E-state index in [2.05, 4.69) is 0 Å². The Morgan fingerprint density at radius 2 is 1.95 bits per heavy atom. The molecule has 0 aliphatic carbocycles. The topological polar surface area (TPSA) is 94.9 Å². The molecule has 2 rings (SSSR count). The Morgan fingerprint density at radius 3 is 2.48 bits per heavy atom. The van der Waals surface area contributed by atoms with E-state index in [1.807, 2.05) is 0 Å². The monoisotopic (exact) mass is 313 g/mol. The molecule has 1 fully saturated rings. The van der Waals surface area contributed by atoms with Crippen molar-refractivity contribution in [2.24, 2.45) is 0 Å². The molecule has 1 aliphatic heterocycles. The largest absolute Gasteiger partial charge is 0.481 e. The van der Waals surface area contributed by atoms with Gasteiger partial charge in [0.25, 0.3) is 0 Å². The van der Waals surface area contributed by atoms with Crippen molar-refractivity contribution in [3.63, 3.8) is 0 Å². The van der Waals surface area contributed by atoms with Gasteiger partial charge in [-0.2, -0.15) is 4.31 Å². The second kappa shape index (κ2) is 5.75. The van der Waals surface area contributed by atoms with Crippen LogP contribution >= 0.6 is 0 Å². The van der Waals surface area contributed by atoms with Crippen molar-refractivity contribution in [1.82, 2.24) is 4.31 Å². The molecule has 1 aromatic rings. The van der Waals surface area contributed by atoms with Crippen molar-refractivity contribution in [3.05, 3.63) is 29.8 Å². The molecule has 0 bridgehead atoms. The van der Waals surface area contributed by atoms with E-state index in [1.165, 1.54) is 28.6 Å². The lowest BCUT2D eigenvalue weighted by atomic mass is 9.97. The van der Waals surface area contributed by atoms with Crippen LogP contribution in [0, 0.1) is 0 Å². The fourth-order valence-electron chi connectivity index (χ4n) is 2.48. The highest BCUT2D eigenvalue weighted by molar-refractivity contribution is 7.89. The van der Waals surface area contributed by atoms with E-state index in [1.54, 1.807) is 6.92 Å². The number of carboxylic acids is 1. The Labute approximate surface area is 124 Å². The van der Waals surface area contributed by atoms with Gasteiger partial charge in [-0.3, -0.25) is 4.79 Å². The van der Waals surface area contributed by atoms with Crippen molar-refractivity contribution in [3.8, 4) is 0 Å². The molecule has 116 valence electrons. The summed E-state index contributed by atoms with van der Waals surface area (Å²) in [4.78, 5) is 10.7. The van der Waals surface area contributed by atoms with Crippen LogP contribution in [0.1, 0.15) is 25.3 Å². The molecule has 1 saturated heterocycles. The number of β-amino-alcohol motifs (C(OH)–C–C–N with tert-alkyl or cyclic N) is 1. The number of nitrogens with zero attached hydrogens (tertiary/aromatic N) is 1. The van der Waals surface area contributed by atoms with E-state index < -0.39 is 21.6 Å². The van der Waals surface area contributed by atoms with Gasteiger partial charge in [-0.05, 0) is 37.5 Å². The Balaban J connectivity index is 2.21. The lowest BCUT2D eigenvalue weighted by Crippen LogP contribution is -2.48. The van der Waals surface area contributed by atoms with Crippen LogP contribution in [0.2, 0.25) is 0 Å². The van der Waals surface area contributed by atoms with Crippen LogP contribution in [0.4, 0.5) is 0 Å². The summed E-state index contributed by atoms with van der Waals surface area (Å²) in [6.07, 6.45) is 1.05. The number of rotatable bonds is 4. The molecular formula is C14H19NO5S. The third kappa shape index (κ3) is 3.81. The molecule has 1 heterocycles. The third-order valence-corrected chi connectivity index (χ3v) is 5.42. The maximum Gasteiger partial charge on any atom is 0.307 e. The van der Waals surface area contributed by atoms with E-state index in [0.717, 1.165) is 0 Å². The predicted octanol–water partition coefficient (Wildman–Crippen LogP) is 0.849. The molecule has 7 heteroatoms. The maximum atomic E-state index is 12.5. The van der Waals surface area contributed by atoms with E-state index in [-0.39, 0.29) is 17.9 Å². The predicted molar refractivity (Wildman–Crippen MR) is 76.4 cm³/mol. The summed E-state index contributed by atoms with van der Waals surface area (Å²) in [5.74, 6) is -0.960. The van der Waals surface area contributed by atoms with E-state index >= 15 is 0 Å². The van der Waals surface area contributed by atoms with Gasteiger partial charge in [-0.25, -0.2) is 8.42 Å². The summed E-state index contributed by atoms with van der Waals surface area (Å²) in [5.41, 5.74) is -0.457. The molecule has 2 N–H and O–H groups in total. The molecule has 1 atom stereocenters. The van der Waals surface area contributed by atoms with Crippen LogP contribution in [0.25, 0.3) is 0 Å². The second-order valence-electron chi connectivity index (χ2n) is 5.65. The van der Waals surface area contributed by atoms with Crippen molar-refractivity contribution >= 4 is 16.0 Å². The summed E-state index contributed by atoms with van der Waals surface area (Å²) >= 11 is 0. The highest BCUT2D eigenvalue weighted by atomic mass is 32.2. The van der Waals surface area contributed by atoms with Gasteiger partial charge in [0.1, 0.15) is 0 Å². The molecule has 6 nitrogen and oxygen atoms in total. The van der Waals surface area contributed by atoms with E-state index in [4.69, 9.17) is 5.11 Å². The first kappa shape index (κ1) is 15.9. The number of carbonyl (C=O) groups is 1. The minimum absolute atomic E-state index is 0.0756. The van der Waals surface area contributed by atoms with Gasteiger partial charge in [0.2, 0.25) is 10.0 Å². The molecule has 1 aromatic carbocycles. The molecule has 0 amide bonds. The minimum atomic E-state index is -3.65. The van der Waals surface area contributed by atoms with Gasteiger partial charge in [-0.15, -0.1) is 0 Å². The van der Waals surface area contributed by atoms with Gasteiger partial charge in [-0.1, -0.05) is 12.1 Å². The third-order valence-electron chi connectivity index (χ3n) is 3.56. The number of benzene rings is 1. The first-order valence-corrected chi connectivity index (χ1v) is 8.18. The quantitative estimate of drug-likeness (QED) is 0.859. The molecule has 0 aromatic heterocycles. The summed E-state index contributed by atoms with van der Waals surface area (Å²) in [7, 11) is -3.65. The molecule has 1 unspecified atom stereocenters. The molecule has 0 saturated carbocycles. The zero-order valence-electron chi connectivity index (χ0n) is 11.8. The van der Waals surface area contributed by atoms with Crippen LogP contribution < -0.4 is 0 Å². The number of sulfonamides is 1. The molecular weight excluding hydrogens is 294 g/mol. The number of aliphatic carboxylic acids is 1. The zero-order valence-corrected chi connectivity index (χ0v) is 12.6. The highest BCUT2D eigenvalue weighted by Gasteiger charge is 2.35. The SMILES string of the molecule is CC1(O)CCCN(S(=O)(=O)c2ccc(CC(=O)O)cc2)C1. The summed E-state index contributed by atoms with van der Waals surface area (Å²) < 4.78 is 26.3. The summed E-state index contributed by atoms with van der Waals surface area (Å²) in [5, 5.41) is 18.7. The first-order chi connectivity index (χ1) is 9.71. The van der Waals surface area contributed by atoms with Crippen LogP contribution in [0.5, 0.6) is 0 Å². The summed E-state index contributed by atoms with van der Waals surface area (Å²) in [6.45, 7) is 2.09. The van der Waals surface area contributed by atoms with Crippen molar-refractivity contribution in [2.45, 2.75) is 36.7 Å². The zero-order chi connectivity index (χ0) is 15.7. The standard InChI is InChI=1S/C14H19NO5S/c1-14(18)7-2-8-15(10-14)21(19,20)12-5-3-11(4-6-12)9-13(16)17/h3-6,18H,2,7-10H2,1H3,(H,16,17). The van der Waals surface area contributed by atoms with Crippen LogP contribution in [-0.2, 0) is 21.2 Å². The fraction of sp³-hybridized carbons (Fsp3) is 0.500. The number of carboxylic acid groups (broad SMARTS) is 1. The van der Waals surface area contributed by atoms with Crippen molar-refractivity contribution < 1.29 is 23.4 Å². The number of aliphatic hydroxyl groups is 1. The van der Waals surface area contributed by atoms with Gasteiger partial charge in [0, 0.05) is 13.1 Å². The lowest BCUT2D eigenvalue weighted by molar-refractivity contribution is -0.136. The Kier molecular flexibility index (Phi) is 4.36. The maximum absolute atomic E-state index is 12.5. The lowest BCUT2D eigenvalue weighted by Gasteiger charge is -2.35. The minimum Gasteiger partial charge on any atom is -0.481 e. The summed E-state index contributed by atoms with van der Waals surface area (Å²) in [6, 6.07) is 5.83. The average Bonchev–Trinajstić information content (AvgIpc) is 2.37. The van der Waals surface area contributed by atoms with E-state index in [9.17, 15) is 18.3 Å². The van der Waals surface area contributed by atoms with Crippen LogP contribution in [-0.4, -0.2) is 47.6 Å². The van der Waals surface area contributed by atoms with Gasteiger partial charge < -0.3 is 10.2 Å². The van der Waals surface area contributed by atoms with Gasteiger partial charge in [0.15, 0.2) is 0 Å². The first-order valence-electron chi connectivity index (χ1n) is 6.74. The average molecular weight is 313 g/mol. The van der Waals surface area contributed by atoms with Gasteiger partial charge in [0.05, 0.1) is 16.9 Å². The highest BCUT2D eigenvalue weighted by Crippen LogP contribution is 2.26. The van der Waals surface area contributed by atoms with Crippen LogP contribution in [0.3, 0.4) is 0 Å². The second-order valence-corrected chi connectivity index (χ2v) is 7.59. The Morgan fingerprint density at radius 1 is 1.33 bits per heavy atom. The number of hydrogen-bond donors (Lipinski definition) is 2. The normalized spacial score (nSPS) is 23.9. The van der Waals surface area contributed by atoms with Crippen molar-refractivity contribution in [2.75, 3.05) is 13.1 Å². The smallest absolute Gasteiger partial charge is 0.307 e.